The maximum Gasteiger partial charge on any atom is 0.636 e. The summed E-state index contributed by atoms with van der Waals surface area (Å²) < 4.78 is 23.2. The van der Waals surface area contributed by atoms with Crippen molar-refractivity contribution < 1.29 is 28.7 Å². The Morgan fingerprint density at radius 1 is 0.356 bits per heavy atom. The SMILES string of the molecule is CCCCCCCCCCCCCCCCCCOB(O)OC1CCC(C(C)(C)C2CCC(OB(O)OCCCCCCCCCCCCCCCCCC)CC2)CC1. The molecule has 0 atom stereocenters. The van der Waals surface area contributed by atoms with Crippen molar-refractivity contribution in [2.75, 3.05) is 13.2 Å². The molecule has 2 aliphatic carbocycles. The maximum absolute atomic E-state index is 10.4. The summed E-state index contributed by atoms with van der Waals surface area (Å²) in [6.07, 6.45) is 52.1. The van der Waals surface area contributed by atoms with Crippen LogP contribution < -0.4 is 0 Å². The number of rotatable bonds is 42. The molecule has 2 N–H and O–H groups in total. The zero-order valence-corrected chi connectivity index (χ0v) is 40.2. The van der Waals surface area contributed by atoms with Gasteiger partial charge in [0.25, 0.3) is 0 Å². The molecule has 0 aromatic carbocycles. The van der Waals surface area contributed by atoms with Crippen molar-refractivity contribution >= 4 is 14.6 Å². The fourth-order valence-electron chi connectivity index (χ4n) is 10.3. The van der Waals surface area contributed by atoms with Gasteiger partial charge in [-0.25, -0.2) is 0 Å². The van der Waals surface area contributed by atoms with Crippen LogP contribution in [0.25, 0.3) is 0 Å². The summed E-state index contributed by atoms with van der Waals surface area (Å²) in [5.74, 6) is 1.34. The third-order valence-electron chi connectivity index (χ3n) is 14.6. The fourth-order valence-corrected chi connectivity index (χ4v) is 10.3. The van der Waals surface area contributed by atoms with Crippen molar-refractivity contribution in [2.45, 2.75) is 297 Å². The Morgan fingerprint density at radius 2 is 0.576 bits per heavy atom. The van der Waals surface area contributed by atoms with Crippen LogP contribution in [-0.4, -0.2) is 50.1 Å². The molecule has 2 saturated carbocycles. The zero-order valence-electron chi connectivity index (χ0n) is 40.2. The molecule has 0 heterocycles. The summed E-state index contributed by atoms with van der Waals surface area (Å²) in [4.78, 5) is 0. The molecule has 0 aromatic heterocycles. The van der Waals surface area contributed by atoms with Crippen LogP contribution in [0, 0.1) is 17.3 Å². The minimum atomic E-state index is -1.09. The van der Waals surface area contributed by atoms with Gasteiger partial charge in [0.15, 0.2) is 0 Å². The smallest absolute Gasteiger partial charge is 0.402 e. The van der Waals surface area contributed by atoms with Crippen molar-refractivity contribution in [1.82, 2.24) is 0 Å². The Kier molecular flexibility index (Phi) is 35.8. The topological polar surface area (TPSA) is 77.4 Å². The van der Waals surface area contributed by atoms with Gasteiger partial charge >= 0.3 is 14.6 Å². The van der Waals surface area contributed by atoms with E-state index >= 15 is 0 Å². The van der Waals surface area contributed by atoms with E-state index in [1.54, 1.807) is 0 Å². The van der Waals surface area contributed by atoms with Crippen LogP contribution in [0.3, 0.4) is 0 Å². The monoisotopic (exact) mass is 833 g/mol. The minimum absolute atomic E-state index is 0.0904. The highest BCUT2D eigenvalue weighted by Gasteiger charge is 2.41. The van der Waals surface area contributed by atoms with E-state index in [4.69, 9.17) is 18.6 Å². The second kappa shape index (κ2) is 38.4. The Labute approximate surface area is 369 Å². The van der Waals surface area contributed by atoms with Gasteiger partial charge in [0.1, 0.15) is 0 Å². The quantitative estimate of drug-likeness (QED) is 0.0471. The predicted octanol–water partition coefficient (Wildman–Crippen LogP) is 15.7. The van der Waals surface area contributed by atoms with Crippen molar-refractivity contribution in [3.63, 3.8) is 0 Å². The molecule has 8 heteroatoms. The molecule has 0 spiro atoms. The molecule has 0 aliphatic heterocycles. The normalized spacial score (nSPS) is 20.0. The Morgan fingerprint density at radius 3 is 0.814 bits per heavy atom. The Bertz CT molecular complexity index is 810. The van der Waals surface area contributed by atoms with Gasteiger partial charge < -0.3 is 28.7 Å². The highest BCUT2D eigenvalue weighted by molar-refractivity contribution is 6.34. The van der Waals surface area contributed by atoms with Gasteiger partial charge in [0.05, 0.1) is 0 Å². The van der Waals surface area contributed by atoms with Crippen LogP contribution in [0.1, 0.15) is 285 Å². The number of hydrogen-bond donors (Lipinski definition) is 2. The number of unbranched alkanes of at least 4 members (excludes halogenated alkanes) is 30. The molecule has 0 bridgehead atoms. The van der Waals surface area contributed by atoms with Gasteiger partial charge in [-0.2, -0.15) is 0 Å². The molecule has 0 saturated heterocycles. The lowest BCUT2D eigenvalue weighted by Crippen LogP contribution is -2.41. The van der Waals surface area contributed by atoms with Gasteiger partial charge in [-0.3, -0.25) is 0 Å². The minimum Gasteiger partial charge on any atom is -0.402 e. The summed E-state index contributed by atoms with van der Waals surface area (Å²) in [7, 11) is -2.19. The van der Waals surface area contributed by atoms with E-state index in [-0.39, 0.29) is 17.6 Å². The Hall–Kier alpha value is -0.110. The largest absolute Gasteiger partial charge is 0.636 e. The first-order valence-corrected chi connectivity index (χ1v) is 26.8. The second-order valence-corrected chi connectivity index (χ2v) is 20.0. The van der Waals surface area contributed by atoms with Crippen molar-refractivity contribution in [1.29, 1.82) is 0 Å². The third kappa shape index (κ3) is 29.8. The molecule has 0 radical (unpaired) electrons. The average Bonchev–Trinajstić information content (AvgIpc) is 3.23. The molecule has 348 valence electrons. The van der Waals surface area contributed by atoms with Crippen molar-refractivity contribution in [3.8, 4) is 0 Å². The van der Waals surface area contributed by atoms with E-state index in [9.17, 15) is 10.0 Å². The van der Waals surface area contributed by atoms with E-state index in [0.29, 0.717) is 25.0 Å². The van der Waals surface area contributed by atoms with Crippen LogP contribution in [-0.2, 0) is 18.6 Å². The van der Waals surface area contributed by atoms with Crippen molar-refractivity contribution in [3.05, 3.63) is 0 Å². The van der Waals surface area contributed by atoms with Gasteiger partial charge in [-0.1, -0.05) is 220 Å². The first-order valence-electron chi connectivity index (χ1n) is 26.8. The van der Waals surface area contributed by atoms with E-state index in [1.165, 1.54) is 193 Å². The summed E-state index contributed by atoms with van der Waals surface area (Å²) in [6, 6.07) is 0. The van der Waals surface area contributed by atoms with Crippen LogP contribution in [0.5, 0.6) is 0 Å². The summed E-state index contributed by atoms with van der Waals surface area (Å²) in [6.45, 7) is 10.7. The second-order valence-electron chi connectivity index (χ2n) is 20.0. The number of hydrogen-bond acceptors (Lipinski definition) is 6. The molecule has 0 unspecified atom stereocenters. The molecule has 2 aliphatic rings. The van der Waals surface area contributed by atoms with Gasteiger partial charge in [0, 0.05) is 25.4 Å². The molecule has 2 fully saturated rings. The van der Waals surface area contributed by atoms with Gasteiger partial charge in [-0.15, -0.1) is 0 Å². The van der Waals surface area contributed by atoms with Crippen molar-refractivity contribution in [2.24, 2.45) is 17.3 Å². The highest BCUT2D eigenvalue weighted by atomic mass is 16.7. The summed E-state index contributed by atoms with van der Waals surface area (Å²) in [5, 5.41) is 20.8. The average molecular weight is 833 g/mol. The first kappa shape index (κ1) is 55.0. The lowest BCUT2D eigenvalue weighted by atomic mass is 9.60. The summed E-state index contributed by atoms with van der Waals surface area (Å²) >= 11 is 0. The standard InChI is InChI=1S/C51H102B2O6/c1-5-7-9-11-13-15-17-19-21-23-25-27-29-31-33-35-45-56-52(54)58-49-41-37-47(38-42-49)51(3,4)48-39-43-50(44-40-48)59-53(55)57-46-36-34-32-30-28-26-24-22-20-18-16-14-12-10-8-6-2/h47-50,54-55H,5-46H2,1-4H3. The zero-order chi connectivity index (χ0) is 42.5. The Balaban J connectivity index is 1.38. The van der Waals surface area contributed by atoms with Crippen LogP contribution in [0.4, 0.5) is 0 Å². The molecule has 0 aromatic rings. The molecular weight excluding hydrogens is 730 g/mol. The molecule has 6 nitrogen and oxygen atoms in total. The van der Waals surface area contributed by atoms with Gasteiger partial charge in [-0.05, 0) is 81.5 Å². The first-order chi connectivity index (χ1) is 28.9. The predicted molar refractivity (Wildman–Crippen MR) is 254 cm³/mol. The summed E-state index contributed by atoms with van der Waals surface area (Å²) in [5.41, 5.74) is 0.265. The lowest BCUT2D eigenvalue weighted by Gasteiger charge is -2.46. The van der Waals surface area contributed by atoms with E-state index in [2.05, 4.69) is 27.7 Å². The molecule has 59 heavy (non-hydrogen) atoms. The fraction of sp³-hybridized carbons (Fsp3) is 1.00. The lowest BCUT2D eigenvalue weighted by molar-refractivity contribution is -0.00923. The third-order valence-corrected chi connectivity index (χ3v) is 14.6. The van der Waals surface area contributed by atoms with Crippen LogP contribution in [0.2, 0.25) is 0 Å². The van der Waals surface area contributed by atoms with E-state index < -0.39 is 14.6 Å². The van der Waals surface area contributed by atoms with E-state index in [1.807, 2.05) is 0 Å². The highest BCUT2D eigenvalue weighted by Crippen LogP contribution is 2.49. The molecule has 0 amide bonds. The molecular formula is C51H102B2O6. The molecule has 2 rings (SSSR count). The van der Waals surface area contributed by atoms with E-state index in [0.717, 1.165) is 64.2 Å². The van der Waals surface area contributed by atoms with Crippen LogP contribution in [0.15, 0.2) is 0 Å². The maximum atomic E-state index is 10.4. The van der Waals surface area contributed by atoms with Gasteiger partial charge in [0.2, 0.25) is 0 Å². The van der Waals surface area contributed by atoms with Crippen LogP contribution >= 0.6 is 0 Å².